The summed E-state index contributed by atoms with van der Waals surface area (Å²) in [6.07, 6.45) is 1.56. The first-order valence-electron chi connectivity index (χ1n) is 8.74. The number of carbonyl (C=O) groups is 2. The predicted octanol–water partition coefficient (Wildman–Crippen LogP) is 1.81. The van der Waals surface area contributed by atoms with Crippen LogP contribution >= 0.6 is 11.8 Å². The molecule has 3 N–H and O–H groups in total. The Balaban J connectivity index is 1.59. The number of aliphatic imine (C=N–C) groups is 1. The van der Waals surface area contributed by atoms with Gasteiger partial charge in [0.1, 0.15) is 5.25 Å². The van der Waals surface area contributed by atoms with E-state index in [1.165, 1.54) is 5.56 Å². The summed E-state index contributed by atoms with van der Waals surface area (Å²) in [5, 5.41) is 10.3. The van der Waals surface area contributed by atoms with E-state index in [9.17, 15) is 14.7 Å². The van der Waals surface area contributed by atoms with Crippen LogP contribution in [0.2, 0.25) is 0 Å². The monoisotopic (exact) mass is 381 g/mol. The molecule has 0 radical (unpaired) electrons. The molecule has 0 unspecified atom stereocenters. The van der Waals surface area contributed by atoms with Gasteiger partial charge in [0.05, 0.1) is 5.69 Å². The van der Waals surface area contributed by atoms with Crippen LogP contribution in [-0.4, -0.2) is 33.9 Å². The molecule has 0 saturated heterocycles. The third-order valence-electron chi connectivity index (χ3n) is 4.93. The minimum atomic E-state index is -1.95. The largest absolute Gasteiger partial charge is 0.378 e. The van der Waals surface area contributed by atoms with Crippen LogP contribution in [0, 0.1) is 0 Å². The maximum absolute atomic E-state index is 13.2. The molecule has 27 heavy (non-hydrogen) atoms. The van der Waals surface area contributed by atoms with Crippen LogP contribution in [0.3, 0.4) is 0 Å². The third kappa shape index (κ3) is 2.93. The van der Waals surface area contributed by atoms with Gasteiger partial charge in [-0.1, -0.05) is 60.3 Å². The summed E-state index contributed by atoms with van der Waals surface area (Å²) in [5.74, 6) is -1.07. The number of rotatable bonds is 5. The zero-order valence-corrected chi connectivity index (χ0v) is 15.4. The molecule has 2 aromatic rings. The van der Waals surface area contributed by atoms with Crippen molar-refractivity contribution in [2.75, 3.05) is 11.4 Å². The van der Waals surface area contributed by atoms with Gasteiger partial charge >= 0.3 is 0 Å². The van der Waals surface area contributed by atoms with Crippen LogP contribution in [0.15, 0.2) is 59.6 Å². The van der Waals surface area contributed by atoms with Crippen LogP contribution in [0.1, 0.15) is 17.5 Å². The van der Waals surface area contributed by atoms with E-state index in [1.807, 2.05) is 36.4 Å². The second-order valence-electron chi connectivity index (χ2n) is 6.62. The number of nitrogens with two attached hydrogens (primary N) is 1. The van der Waals surface area contributed by atoms with Crippen LogP contribution in [0.4, 0.5) is 5.69 Å². The van der Waals surface area contributed by atoms with Gasteiger partial charge in [-0.05, 0) is 24.5 Å². The van der Waals surface area contributed by atoms with Crippen molar-refractivity contribution in [1.29, 1.82) is 0 Å². The third-order valence-corrected chi connectivity index (χ3v) is 6.04. The summed E-state index contributed by atoms with van der Waals surface area (Å²) in [7, 11) is 0. The Kier molecular flexibility index (Phi) is 4.49. The molecule has 0 spiro atoms. The highest BCUT2D eigenvalue weighted by molar-refractivity contribution is 8.15. The highest BCUT2D eigenvalue weighted by Crippen LogP contribution is 2.47. The van der Waals surface area contributed by atoms with E-state index >= 15 is 0 Å². The zero-order chi connectivity index (χ0) is 19.0. The molecule has 0 aromatic heterocycles. The number of amides is 2. The molecular weight excluding hydrogens is 362 g/mol. The van der Waals surface area contributed by atoms with Crippen molar-refractivity contribution in [3.8, 4) is 0 Å². The lowest BCUT2D eigenvalue weighted by Gasteiger charge is -2.26. The number of amidine groups is 1. The molecule has 2 amide bonds. The fraction of sp³-hybridized carbons (Fsp3) is 0.250. The summed E-state index contributed by atoms with van der Waals surface area (Å²) in [6, 6.07) is 17.1. The smallest absolute Gasteiger partial charge is 0.265 e. The standard InChI is InChI=1S/C20H19N3O3S/c21-19-22-17(24)16(27-19)20(26)14-10-4-5-11-15(14)23(18(20)25)12-6-9-13-7-2-1-3-8-13/h1-5,7-8,10-11,16,26H,6,9,12H2,(H2,21,22,24)/t16-,20+/m0/s1. The quantitative estimate of drug-likeness (QED) is 0.823. The van der Waals surface area contributed by atoms with E-state index in [2.05, 4.69) is 4.99 Å². The summed E-state index contributed by atoms with van der Waals surface area (Å²) >= 11 is 0.941. The molecular formula is C20H19N3O3S. The first-order chi connectivity index (χ1) is 13.0. The van der Waals surface area contributed by atoms with Gasteiger partial charge in [-0.25, -0.2) is 0 Å². The van der Waals surface area contributed by atoms with Gasteiger partial charge in [-0.2, -0.15) is 4.99 Å². The van der Waals surface area contributed by atoms with Crippen LogP contribution in [-0.2, 0) is 21.6 Å². The second kappa shape index (κ2) is 6.83. The van der Waals surface area contributed by atoms with E-state index < -0.39 is 22.7 Å². The van der Waals surface area contributed by atoms with Crippen molar-refractivity contribution in [3.05, 3.63) is 65.7 Å². The van der Waals surface area contributed by atoms with Gasteiger partial charge < -0.3 is 15.7 Å². The van der Waals surface area contributed by atoms with Crippen molar-refractivity contribution >= 4 is 34.4 Å². The molecule has 2 heterocycles. The molecule has 138 valence electrons. The number of nitrogens with zero attached hydrogens (tertiary/aromatic N) is 2. The van der Waals surface area contributed by atoms with Gasteiger partial charge in [0.25, 0.3) is 11.8 Å². The minimum Gasteiger partial charge on any atom is -0.378 e. The summed E-state index contributed by atoms with van der Waals surface area (Å²) in [4.78, 5) is 30.7. The molecule has 0 fully saturated rings. The molecule has 2 aromatic carbocycles. The van der Waals surface area contributed by atoms with Crippen LogP contribution in [0.25, 0.3) is 0 Å². The van der Waals surface area contributed by atoms with Crippen molar-refractivity contribution in [2.24, 2.45) is 10.7 Å². The number of hydrogen-bond acceptors (Lipinski definition) is 5. The van der Waals surface area contributed by atoms with E-state index in [0.29, 0.717) is 17.8 Å². The lowest BCUT2D eigenvalue weighted by Crippen LogP contribution is -2.49. The summed E-state index contributed by atoms with van der Waals surface area (Å²) < 4.78 is 0. The molecule has 0 bridgehead atoms. The Morgan fingerprint density at radius 1 is 1.11 bits per heavy atom. The van der Waals surface area contributed by atoms with Crippen LogP contribution < -0.4 is 10.6 Å². The lowest BCUT2D eigenvalue weighted by atomic mass is 9.91. The number of anilines is 1. The first-order valence-corrected chi connectivity index (χ1v) is 9.62. The lowest BCUT2D eigenvalue weighted by molar-refractivity contribution is -0.140. The second-order valence-corrected chi connectivity index (χ2v) is 7.74. The van der Waals surface area contributed by atoms with Gasteiger partial charge in [-0.3, -0.25) is 9.59 Å². The Morgan fingerprint density at radius 3 is 2.52 bits per heavy atom. The fourth-order valence-electron chi connectivity index (χ4n) is 3.65. The van der Waals surface area contributed by atoms with Crippen molar-refractivity contribution in [1.82, 2.24) is 0 Å². The van der Waals surface area contributed by atoms with Gasteiger partial charge in [0.15, 0.2) is 10.8 Å². The predicted molar refractivity (Wildman–Crippen MR) is 105 cm³/mol. The average Bonchev–Trinajstić information content (AvgIpc) is 3.13. The average molecular weight is 381 g/mol. The number of benzene rings is 2. The summed E-state index contributed by atoms with van der Waals surface area (Å²) in [6.45, 7) is 0.453. The highest BCUT2D eigenvalue weighted by Gasteiger charge is 2.58. The Labute approximate surface area is 161 Å². The number of aliphatic hydroxyl groups is 1. The minimum absolute atomic E-state index is 0.0752. The van der Waals surface area contributed by atoms with E-state index in [4.69, 9.17) is 5.73 Å². The van der Waals surface area contributed by atoms with Crippen molar-refractivity contribution < 1.29 is 14.7 Å². The maximum Gasteiger partial charge on any atom is 0.265 e. The van der Waals surface area contributed by atoms with E-state index in [1.54, 1.807) is 23.1 Å². The van der Waals surface area contributed by atoms with Crippen LogP contribution in [0.5, 0.6) is 0 Å². The molecule has 2 aliphatic heterocycles. The van der Waals surface area contributed by atoms with Gasteiger partial charge in [0.2, 0.25) is 0 Å². The number of thioether (sulfide) groups is 1. The Morgan fingerprint density at radius 2 is 1.81 bits per heavy atom. The Bertz CT molecular complexity index is 931. The Hall–Kier alpha value is -2.64. The molecule has 0 saturated carbocycles. The SMILES string of the molecule is NC1=NC(=O)[C@@H]([C@@]2(O)C(=O)N(CCCc3ccccc3)c3ccccc32)S1. The molecule has 2 atom stereocenters. The fourth-order valence-corrected chi connectivity index (χ4v) is 4.59. The number of para-hydroxylation sites is 1. The van der Waals surface area contributed by atoms with E-state index in [0.717, 1.165) is 24.6 Å². The molecule has 6 nitrogen and oxygen atoms in total. The zero-order valence-electron chi connectivity index (χ0n) is 14.5. The topological polar surface area (TPSA) is 96.0 Å². The molecule has 7 heteroatoms. The number of fused-ring (bicyclic) bond motifs is 1. The number of aryl methyl sites for hydroxylation is 1. The van der Waals surface area contributed by atoms with Crippen molar-refractivity contribution in [3.63, 3.8) is 0 Å². The normalized spacial score (nSPS) is 24.3. The molecule has 0 aliphatic carbocycles. The number of hydrogen-bond donors (Lipinski definition) is 2. The van der Waals surface area contributed by atoms with E-state index in [-0.39, 0.29) is 5.17 Å². The highest BCUT2D eigenvalue weighted by atomic mass is 32.2. The van der Waals surface area contributed by atoms with Gasteiger partial charge in [0, 0.05) is 12.1 Å². The molecule has 2 aliphatic rings. The van der Waals surface area contributed by atoms with Gasteiger partial charge in [-0.15, -0.1) is 0 Å². The number of carbonyl (C=O) groups excluding carboxylic acids is 2. The maximum atomic E-state index is 13.2. The first kappa shape index (κ1) is 17.8. The summed E-state index contributed by atoms with van der Waals surface area (Å²) in [5.41, 5.74) is 5.96. The van der Waals surface area contributed by atoms with Crippen molar-refractivity contribution in [2.45, 2.75) is 23.7 Å². The molecule has 4 rings (SSSR count).